The van der Waals surface area contributed by atoms with E-state index in [2.05, 4.69) is 0 Å². The van der Waals surface area contributed by atoms with Crippen LogP contribution in [0.3, 0.4) is 0 Å². The summed E-state index contributed by atoms with van der Waals surface area (Å²) in [6.07, 6.45) is 0. The molecule has 2 N–H and O–H groups in total. The van der Waals surface area contributed by atoms with Crippen LogP contribution in [-0.2, 0) is 9.84 Å². The van der Waals surface area contributed by atoms with Crippen molar-refractivity contribution in [3.63, 3.8) is 0 Å². The molecule has 0 aliphatic carbocycles. The van der Waals surface area contributed by atoms with Crippen LogP contribution >= 0.6 is 0 Å². The number of carbonyl (C=O) groups is 1. The molecule has 5 heteroatoms. The van der Waals surface area contributed by atoms with E-state index in [4.69, 9.17) is 5.73 Å². The third kappa shape index (κ3) is 2.87. The molecule has 0 amide bonds. The number of nitrogens with two attached hydrogens (primary N) is 1. The second-order valence-electron chi connectivity index (χ2n) is 3.19. The average molecular weight is 227 g/mol. The van der Waals surface area contributed by atoms with Gasteiger partial charge in [-0.25, -0.2) is 8.42 Å². The lowest BCUT2D eigenvalue weighted by Gasteiger charge is -2.03. The molecule has 0 radical (unpaired) electrons. The van der Waals surface area contributed by atoms with Crippen molar-refractivity contribution in [3.8, 4) is 0 Å². The number of hydrogen-bond acceptors (Lipinski definition) is 4. The van der Waals surface area contributed by atoms with Gasteiger partial charge in [0.1, 0.15) is 0 Å². The first-order chi connectivity index (χ1) is 6.97. The average Bonchev–Trinajstić information content (AvgIpc) is 2.18. The van der Waals surface area contributed by atoms with Crippen molar-refractivity contribution in [1.29, 1.82) is 0 Å². The number of ketones is 1. The molecule has 0 aromatic heterocycles. The van der Waals surface area contributed by atoms with E-state index in [1.165, 1.54) is 31.2 Å². The zero-order valence-corrected chi connectivity index (χ0v) is 9.25. The fraction of sp³-hybridized carbons (Fsp3) is 0.300. The van der Waals surface area contributed by atoms with Crippen LogP contribution in [0.2, 0.25) is 0 Å². The summed E-state index contributed by atoms with van der Waals surface area (Å²) in [5, 5.41) is 0. The van der Waals surface area contributed by atoms with Gasteiger partial charge < -0.3 is 5.73 Å². The van der Waals surface area contributed by atoms with E-state index >= 15 is 0 Å². The van der Waals surface area contributed by atoms with Gasteiger partial charge >= 0.3 is 0 Å². The van der Waals surface area contributed by atoms with Crippen molar-refractivity contribution >= 4 is 15.6 Å². The number of benzene rings is 1. The fourth-order valence-electron chi connectivity index (χ4n) is 1.17. The van der Waals surface area contributed by atoms with E-state index in [0.717, 1.165) is 0 Å². The molecule has 0 unspecified atom stereocenters. The van der Waals surface area contributed by atoms with Gasteiger partial charge in [-0.3, -0.25) is 4.79 Å². The summed E-state index contributed by atoms with van der Waals surface area (Å²) in [5.74, 6) is -0.162. The lowest BCUT2D eigenvalue weighted by atomic mass is 10.2. The molecule has 0 saturated carbocycles. The molecule has 0 fully saturated rings. The van der Waals surface area contributed by atoms with Gasteiger partial charge in [0.05, 0.1) is 10.6 Å². The van der Waals surface area contributed by atoms with Gasteiger partial charge in [0.25, 0.3) is 0 Å². The number of carbonyl (C=O) groups excluding carboxylic acids is 1. The highest BCUT2D eigenvalue weighted by Gasteiger charge is 2.13. The second kappa shape index (κ2) is 4.55. The van der Waals surface area contributed by atoms with Gasteiger partial charge in [-0.2, -0.15) is 0 Å². The van der Waals surface area contributed by atoms with Crippen LogP contribution in [-0.4, -0.2) is 26.5 Å². The monoisotopic (exact) mass is 227 g/mol. The molecule has 0 aliphatic heterocycles. The lowest BCUT2D eigenvalue weighted by Crippen LogP contribution is -2.15. The van der Waals surface area contributed by atoms with Crippen LogP contribution in [0.5, 0.6) is 0 Å². The van der Waals surface area contributed by atoms with E-state index in [9.17, 15) is 13.2 Å². The molecule has 1 rings (SSSR count). The molecule has 0 atom stereocenters. The number of sulfone groups is 1. The topological polar surface area (TPSA) is 77.2 Å². The third-order valence-electron chi connectivity index (χ3n) is 2.01. The fourth-order valence-corrected chi connectivity index (χ4v) is 2.27. The lowest BCUT2D eigenvalue weighted by molar-refractivity contribution is 0.101. The van der Waals surface area contributed by atoms with Gasteiger partial charge in [0.15, 0.2) is 15.6 Å². The summed E-state index contributed by atoms with van der Waals surface area (Å²) in [4.78, 5) is 11.2. The number of Topliss-reactive ketones (excluding diaryl/α,β-unsaturated/α-hetero) is 1. The minimum Gasteiger partial charge on any atom is -0.329 e. The van der Waals surface area contributed by atoms with Crippen molar-refractivity contribution in [2.45, 2.75) is 11.8 Å². The zero-order chi connectivity index (χ0) is 11.5. The van der Waals surface area contributed by atoms with Crippen molar-refractivity contribution in [1.82, 2.24) is 0 Å². The largest absolute Gasteiger partial charge is 0.329 e. The van der Waals surface area contributed by atoms with Gasteiger partial charge in [0.2, 0.25) is 0 Å². The van der Waals surface area contributed by atoms with Gasteiger partial charge in [-0.05, 0) is 19.1 Å². The minimum absolute atomic E-state index is 0.0770. The molecule has 15 heavy (non-hydrogen) atoms. The normalized spacial score (nSPS) is 11.3. The quantitative estimate of drug-likeness (QED) is 0.765. The first-order valence-electron chi connectivity index (χ1n) is 4.51. The van der Waals surface area contributed by atoms with Gasteiger partial charge in [0, 0.05) is 12.1 Å². The van der Waals surface area contributed by atoms with Crippen LogP contribution < -0.4 is 5.73 Å². The summed E-state index contributed by atoms with van der Waals surface area (Å²) in [6.45, 7) is 1.53. The molecule has 0 bridgehead atoms. The Morgan fingerprint density at radius 2 is 1.80 bits per heavy atom. The maximum Gasteiger partial charge on any atom is 0.179 e. The maximum atomic E-state index is 11.5. The molecule has 0 spiro atoms. The van der Waals surface area contributed by atoms with Crippen LogP contribution in [0.15, 0.2) is 29.2 Å². The molecule has 4 nitrogen and oxygen atoms in total. The highest BCUT2D eigenvalue weighted by molar-refractivity contribution is 7.91. The van der Waals surface area contributed by atoms with E-state index in [0.29, 0.717) is 5.56 Å². The van der Waals surface area contributed by atoms with Crippen LogP contribution in [0.1, 0.15) is 17.3 Å². The smallest absolute Gasteiger partial charge is 0.179 e. The molecular weight excluding hydrogens is 214 g/mol. The summed E-state index contributed by atoms with van der Waals surface area (Å²) in [5.41, 5.74) is 5.70. The van der Waals surface area contributed by atoms with E-state index in [-0.39, 0.29) is 23.0 Å². The highest BCUT2D eigenvalue weighted by atomic mass is 32.2. The SMILES string of the molecule is CC(=O)c1ccc(S(=O)(=O)CCN)cc1. The Hall–Kier alpha value is -1.20. The summed E-state index contributed by atoms with van der Waals surface area (Å²) >= 11 is 0. The standard InChI is InChI=1S/C10H13NO3S/c1-8(12)9-2-4-10(5-3-9)15(13,14)7-6-11/h2-5H,6-7,11H2,1H3. The van der Waals surface area contributed by atoms with E-state index in [1.54, 1.807) is 0 Å². The molecule has 82 valence electrons. The Bertz CT molecular complexity index is 448. The summed E-state index contributed by atoms with van der Waals surface area (Å²) < 4.78 is 23.1. The minimum atomic E-state index is -3.29. The first-order valence-corrected chi connectivity index (χ1v) is 6.16. The first kappa shape index (κ1) is 11.9. The van der Waals surface area contributed by atoms with Crippen LogP contribution in [0, 0.1) is 0 Å². The zero-order valence-electron chi connectivity index (χ0n) is 8.43. The molecule has 0 saturated heterocycles. The van der Waals surface area contributed by atoms with Crippen molar-refractivity contribution in [3.05, 3.63) is 29.8 Å². The van der Waals surface area contributed by atoms with Gasteiger partial charge in [-0.1, -0.05) is 12.1 Å². The van der Waals surface area contributed by atoms with Crippen molar-refractivity contribution in [2.75, 3.05) is 12.3 Å². The third-order valence-corrected chi connectivity index (χ3v) is 3.77. The van der Waals surface area contributed by atoms with Crippen LogP contribution in [0.25, 0.3) is 0 Å². The predicted molar refractivity (Wildman–Crippen MR) is 57.6 cm³/mol. The van der Waals surface area contributed by atoms with Crippen LogP contribution in [0.4, 0.5) is 0 Å². The number of hydrogen-bond donors (Lipinski definition) is 1. The highest BCUT2D eigenvalue weighted by Crippen LogP contribution is 2.12. The Morgan fingerprint density at radius 1 is 1.27 bits per heavy atom. The number of rotatable bonds is 4. The van der Waals surface area contributed by atoms with Crippen molar-refractivity contribution in [2.24, 2.45) is 5.73 Å². The Kier molecular flexibility index (Phi) is 3.60. The van der Waals surface area contributed by atoms with E-state index < -0.39 is 9.84 Å². The maximum absolute atomic E-state index is 11.5. The Labute approximate surface area is 89.0 Å². The molecule has 1 aromatic rings. The van der Waals surface area contributed by atoms with Crippen molar-refractivity contribution < 1.29 is 13.2 Å². The molecular formula is C10H13NO3S. The molecule has 0 heterocycles. The van der Waals surface area contributed by atoms with Gasteiger partial charge in [-0.15, -0.1) is 0 Å². The second-order valence-corrected chi connectivity index (χ2v) is 5.30. The summed E-state index contributed by atoms with van der Waals surface area (Å²) in [7, 11) is -3.29. The van der Waals surface area contributed by atoms with E-state index in [1.807, 2.05) is 0 Å². The predicted octanol–water partition coefficient (Wildman–Crippen LogP) is 0.622. The molecule has 1 aromatic carbocycles. The molecule has 0 aliphatic rings. The summed E-state index contributed by atoms with van der Waals surface area (Å²) in [6, 6.07) is 5.88. The Morgan fingerprint density at radius 3 is 2.20 bits per heavy atom. The Balaban J connectivity index is 3.04.